The molecule has 3 N–H and O–H groups in total. The van der Waals surface area contributed by atoms with Gasteiger partial charge in [-0.3, -0.25) is 4.79 Å². The minimum Gasteiger partial charge on any atom is -0.338 e. The molecule has 0 heterocycles. The molecule has 0 fully saturated rings. The van der Waals surface area contributed by atoms with Gasteiger partial charge in [0, 0.05) is 12.2 Å². The van der Waals surface area contributed by atoms with Crippen molar-refractivity contribution in [2.45, 2.75) is 20.3 Å². The van der Waals surface area contributed by atoms with Crippen molar-refractivity contribution >= 4 is 29.2 Å². The Morgan fingerprint density at radius 2 is 2.00 bits per heavy atom. The summed E-state index contributed by atoms with van der Waals surface area (Å²) in [5, 5.41) is 7.51. The minimum atomic E-state index is -0.558. The molecule has 0 atom stereocenters. The van der Waals surface area contributed by atoms with E-state index in [1.165, 1.54) is 12.1 Å². The lowest BCUT2D eigenvalue weighted by atomic mass is 10.1. The van der Waals surface area contributed by atoms with Crippen molar-refractivity contribution in [3.05, 3.63) is 29.0 Å². The molecule has 3 amide bonds. The van der Waals surface area contributed by atoms with E-state index in [2.05, 4.69) is 29.8 Å². The predicted octanol–water partition coefficient (Wildman–Crippen LogP) is 2.76. The highest BCUT2D eigenvalue weighted by molar-refractivity contribution is 6.31. The fraction of sp³-hybridized carbons (Fsp3) is 0.429. The average Bonchev–Trinajstić information content (AvgIpc) is 2.40. The van der Waals surface area contributed by atoms with Gasteiger partial charge in [-0.1, -0.05) is 25.4 Å². The van der Waals surface area contributed by atoms with Gasteiger partial charge in [-0.2, -0.15) is 0 Å². The molecule has 0 aromatic heterocycles. The second kappa shape index (κ2) is 8.46. The zero-order valence-corrected chi connectivity index (χ0v) is 12.8. The standard InChI is InChI=1S/C14H19ClFN3O2/c1-9(2)5-6-17-14(21)18-8-13(20)19-10-3-4-12(16)11(15)7-10/h3-4,7,9H,5-6,8H2,1-2H3,(H,19,20)(H2,17,18,21). The molecule has 5 nitrogen and oxygen atoms in total. The van der Waals surface area contributed by atoms with Crippen LogP contribution in [0.15, 0.2) is 18.2 Å². The largest absolute Gasteiger partial charge is 0.338 e. The number of anilines is 1. The van der Waals surface area contributed by atoms with E-state index in [0.29, 0.717) is 18.2 Å². The number of benzene rings is 1. The van der Waals surface area contributed by atoms with Gasteiger partial charge in [0.05, 0.1) is 11.6 Å². The van der Waals surface area contributed by atoms with Gasteiger partial charge in [-0.25, -0.2) is 9.18 Å². The van der Waals surface area contributed by atoms with E-state index in [1.807, 2.05) is 0 Å². The number of rotatable bonds is 6. The summed E-state index contributed by atoms with van der Waals surface area (Å²) < 4.78 is 13.0. The number of carbonyl (C=O) groups excluding carboxylic acids is 2. The predicted molar refractivity (Wildman–Crippen MR) is 80.9 cm³/mol. The summed E-state index contributed by atoms with van der Waals surface area (Å²) in [4.78, 5) is 23.0. The van der Waals surface area contributed by atoms with Gasteiger partial charge < -0.3 is 16.0 Å². The molecule has 7 heteroatoms. The highest BCUT2D eigenvalue weighted by Crippen LogP contribution is 2.19. The number of nitrogens with one attached hydrogen (secondary N) is 3. The summed E-state index contributed by atoms with van der Waals surface area (Å²) in [6.45, 7) is 4.49. The smallest absolute Gasteiger partial charge is 0.315 e. The summed E-state index contributed by atoms with van der Waals surface area (Å²) in [5.41, 5.74) is 0.369. The number of hydrogen-bond acceptors (Lipinski definition) is 2. The van der Waals surface area contributed by atoms with Crippen molar-refractivity contribution in [2.24, 2.45) is 5.92 Å². The van der Waals surface area contributed by atoms with Crippen molar-refractivity contribution in [3.63, 3.8) is 0 Å². The molecular weight excluding hydrogens is 297 g/mol. The lowest BCUT2D eigenvalue weighted by Crippen LogP contribution is -2.40. The molecule has 0 aliphatic heterocycles. The fourth-order valence-corrected chi connectivity index (χ4v) is 1.66. The fourth-order valence-electron chi connectivity index (χ4n) is 1.48. The van der Waals surface area contributed by atoms with Gasteiger partial charge >= 0.3 is 6.03 Å². The van der Waals surface area contributed by atoms with Gasteiger partial charge in [0.1, 0.15) is 5.82 Å². The first-order valence-corrected chi connectivity index (χ1v) is 7.03. The maximum atomic E-state index is 13.0. The molecule has 0 unspecified atom stereocenters. The van der Waals surface area contributed by atoms with Crippen LogP contribution in [-0.4, -0.2) is 25.0 Å². The van der Waals surface area contributed by atoms with Crippen LogP contribution in [0.5, 0.6) is 0 Å². The van der Waals surface area contributed by atoms with E-state index in [-0.39, 0.29) is 11.6 Å². The Kier molecular flexibility index (Phi) is 6.94. The van der Waals surface area contributed by atoms with Gasteiger partial charge in [0.25, 0.3) is 0 Å². The summed E-state index contributed by atoms with van der Waals surface area (Å²) in [5.74, 6) is -0.481. The van der Waals surface area contributed by atoms with Gasteiger partial charge in [-0.05, 0) is 30.5 Å². The number of hydrogen-bond donors (Lipinski definition) is 3. The molecule has 21 heavy (non-hydrogen) atoms. The lowest BCUT2D eigenvalue weighted by Gasteiger charge is -2.09. The van der Waals surface area contributed by atoms with Crippen LogP contribution in [0.4, 0.5) is 14.9 Å². The van der Waals surface area contributed by atoms with Crippen molar-refractivity contribution in [1.82, 2.24) is 10.6 Å². The lowest BCUT2D eigenvalue weighted by molar-refractivity contribution is -0.115. The van der Waals surface area contributed by atoms with Crippen LogP contribution in [0.3, 0.4) is 0 Å². The minimum absolute atomic E-state index is 0.0767. The van der Waals surface area contributed by atoms with E-state index in [9.17, 15) is 14.0 Å². The zero-order valence-electron chi connectivity index (χ0n) is 12.0. The van der Waals surface area contributed by atoms with Crippen LogP contribution in [0.25, 0.3) is 0 Å². The Bertz CT molecular complexity index is 509. The van der Waals surface area contributed by atoms with Crippen LogP contribution in [0.1, 0.15) is 20.3 Å². The third-order valence-electron chi connectivity index (χ3n) is 2.62. The average molecular weight is 316 g/mol. The summed E-state index contributed by atoms with van der Waals surface area (Å²) in [6.07, 6.45) is 0.869. The van der Waals surface area contributed by atoms with Gasteiger partial charge in [0.2, 0.25) is 5.91 Å². The molecule has 1 aromatic rings. The van der Waals surface area contributed by atoms with E-state index in [1.54, 1.807) is 0 Å². The van der Waals surface area contributed by atoms with E-state index in [4.69, 9.17) is 11.6 Å². The van der Waals surface area contributed by atoms with Gasteiger partial charge in [0.15, 0.2) is 0 Å². The quantitative estimate of drug-likeness (QED) is 0.755. The summed E-state index contributed by atoms with van der Waals surface area (Å²) >= 11 is 5.60. The molecule has 0 radical (unpaired) electrons. The molecule has 116 valence electrons. The number of halogens is 2. The maximum Gasteiger partial charge on any atom is 0.315 e. The molecule has 1 aromatic carbocycles. The Balaban J connectivity index is 2.30. The molecule has 1 rings (SSSR count). The molecule has 0 aliphatic rings. The number of urea groups is 1. The molecule has 0 aliphatic carbocycles. The van der Waals surface area contributed by atoms with Crippen molar-refractivity contribution in [3.8, 4) is 0 Å². The number of carbonyl (C=O) groups is 2. The van der Waals surface area contributed by atoms with Crippen LogP contribution in [0.2, 0.25) is 5.02 Å². The Morgan fingerprint density at radius 1 is 1.29 bits per heavy atom. The first-order valence-electron chi connectivity index (χ1n) is 6.65. The van der Waals surface area contributed by atoms with Crippen molar-refractivity contribution in [2.75, 3.05) is 18.4 Å². The zero-order chi connectivity index (χ0) is 15.8. The van der Waals surface area contributed by atoms with Crippen LogP contribution in [0, 0.1) is 11.7 Å². The molecule has 0 spiro atoms. The van der Waals surface area contributed by atoms with Gasteiger partial charge in [-0.15, -0.1) is 0 Å². The molecule has 0 saturated carbocycles. The normalized spacial score (nSPS) is 10.3. The van der Waals surface area contributed by atoms with Crippen LogP contribution in [-0.2, 0) is 4.79 Å². The third-order valence-corrected chi connectivity index (χ3v) is 2.91. The number of amides is 3. The topological polar surface area (TPSA) is 70.2 Å². The monoisotopic (exact) mass is 315 g/mol. The third kappa shape index (κ3) is 6.94. The molecule has 0 saturated heterocycles. The highest BCUT2D eigenvalue weighted by atomic mass is 35.5. The highest BCUT2D eigenvalue weighted by Gasteiger charge is 2.07. The van der Waals surface area contributed by atoms with Crippen molar-refractivity contribution < 1.29 is 14.0 Å². The summed E-state index contributed by atoms with van der Waals surface area (Å²) in [6, 6.07) is 3.45. The Morgan fingerprint density at radius 3 is 2.62 bits per heavy atom. The van der Waals surface area contributed by atoms with Crippen LogP contribution >= 0.6 is 11.6 Å². The van der Waals surface area contributed by atoms with Crippen LogP contribution < -0.4 is 16.0 Å². The Hall–Kier alpha value is -1.82. The maximum absolute atomic E-state index is 13.0. The summed E-state index contributed by atoms with van der Waals surface area (Å²) in [7, 11) is 0. The second-order valence-electron chi connectivity index (χ2n) is 4.97. The molecule has 0 bridgehead atoms. The van der Waals surface area contributed by atoms with Crippen molar-refractivity contribution in [1.29, 1.82) is 0 Å². The first kappa shape index (κ1) is 17.2. The first-order chi connectivity index (χ1) is 9.88. The SMILES string of the molecule is CC(C)CCNC(=O)NCC(=O)Nc1ccc(F)c(Cl)c1. The Labute approximate surface area is 128 Å². The van der Waals surface area contributed by atoms with E-state index >= 15 is 0 Å². The van der Waals surface area contributed by atoms with E-state index in [0.717, 1.165) is 12.5 Å². The second-order valence-corrected chi connectivity index (χ2v) is 5.38. The van der Waals surface area contributed by atoms with E-state index < -0.39 is 17.8 Å². The molecular formula is C14H19ClFN3O2.